The van der Waals surface area contributed by atoms with E-state index in [0.29, 0.717) is 38.3 Å². The van der Waals surface area contributed by atoms with Crippen molar-refractivity contribution in [2.75, 3.05) is 25.4 Å². The fourth-order valence-electron chi connectivity index (χ4n) is 4.18. The molecule has 136 valence electrons. The largest absolute Gasteiger partial charge is 0.481 e. The Hall–Kier alpha value is -1.15. The number of carboxylic acid groups (broad SMARTS) is 1. The summed E-state index contributed by atoms with van der Waals surface area (Å²) >= 11 is 0. The summed E-state index contributed by atoms with van der Waals surface area (Å²) in [5.41, 5.74) is 0. The maximum atomic E-state index is 12.9. The number of hydrogen-bond acceptors (Lipinski definition) is 4. The lowest BCUT2D eigenvalue weighted by Gasteiger charge is -2.27. The van der Waals surface area contributed by atoms with Crippen LogP contribution in [0.5, 0.6) is 0 Å². The van der Waals surface area contributed by atoms with Crippen LogP contribution in [0.25, 0.3) is 0 Å². The van der Waals surface area contributed by atoms with E-state index in [0.717, 1.165) is 12.8 Å². The van der Waals surface area contributed by atoms with E-state index in [-0.39, 0.29) is 24.1 Å². The maximum Gasteiger partial charge on any atom is 0.308 e. The summed E-state index contributed by atoms with van der Waals surface area (Å²) in [5, 5.41) is 9.43. The number of hydrogen-bond donors (Lipinski definition) is 1. The van der Waals surface area contributed by atoms with Crippen LogP contribution in [0.15, 0.2) is 0 Å². The number of sulfonamides is 1. The summed E-state index contributed by atoms with van der Waals surface area (Å²) in [5.74, 6) is -1.07. The smallest absolute Gasteiger partial charge is 0.308 e. The highest BCUT2D eigenvalue weighted by Crippen LogP contribution is 2.44. The van der Waals surface area contributed by atoms with Gasteiger partial charge in [-0.1, -0.05) is 6.92 Å². The van der Waals surface area contributed by atoms with Crippen LogP contribution in [-0.2, 0) is 19.6 Å². The molecule has 3 fully saturated rings. The molecule has 0 spiro atoms. The van der Waals surface area contributed by atoms with Crippen LogP contribution < -0.4 is 0 Å². The van der Waals surface area contributed by atoms with Crippen LogP contribution >= 0.6 is 0 Å². The first-order valence-electron chi connectivity index (χ1n) is 8.86. The standard InChI is InChI=1S/C16H26N2O5S/c1-2-8-24(22,23)18-7-3-4-14(18)15(19)17-9-12(11-5-6-11)13(10-17)16(20)21/h11-14H,2-10H2,1H3,(H,20,21)/t12-,13+,14?/m1/s1. The number of carbonyl (C=O) groups excluding carboxylic acids is 1. The van der Waals surface area contributed by atoms with Gasteiger partial charge in [0.2, 0.25) is 15.9 Å². The third kappa shape index (κ3) is 3.31. The summed E-state index contributed by atoms with van der Waals surface area (Å²) in [6, 6.07) is -0.644. The van der Waals surface area contributed by atoms with Gasteiger partial charge in [0, 0.05) is 19.6 Å². The first-order valence-corrected chi connectivity index (χ1v) is 10.5. The van der Waals surface area contributed by atoms with Gasteiger partial charge in [-0.25, -0.2) is 8.42 Å². The highest BCUT2D eigenvalue weighted by Gasteiger charge is 2.49. The predicted molar refractivity (Wildman–Crippen MR) is 87.7 cm³/mol. The zero-order valence-corrected chi connectivity index (χ0v) is 14.9. The topological polar surface area (TPSA) is 95.0 Å². The van der Waals surface area contributed by atoms with E-state index in [4.69, 9.17) is 0 Å². The molecule has 1 N–H and O–H groups in total. The summed E-state index contributed by atoms with van der Waals surface area (Å²) in [7, 11) is -3.41. The summed E-state index contributed by atoms with van der Waals surface area (Å²) < 4.78 is 26.1. The quantitative estimate of drug-likeness (QED) is 0.756. The number of aliphatic carboxylic acids is 1. The van der Waals surface area contributed by atoms with E-state index in [1.165, 1.54) is 4.31 Å². The van der Waals surface area contributed by atoms with Gasteiger partial charge in [0.25, 0.3) is 0 Å². The zero-order valence-electron chi connectivity index (χ0n) is 14.1. The third-order valence-corrected chi connectivity index (χ3v) is 7.61. The lowest BCUT2D eigenvalue weighted by atomic mass is 9.92. The molecule has 0 aromatic heterocycles. The molecule has 3 atom stereocenters. The van der Waals surface area contributed by atoms with Gasteiger partial charge in [-0.05, 0) is 43.9 Å². The molecule has 8 heteroatoms. The van der Waals surface area contributed by atoms with E-state index in [1.807, 2.05) is 6.92 Å². The summed E-state index contributed by atoms with van der Waals surface area (Å²) in [6.45, 7) is 2.87. The summed E-state index contributed by atoms with van der Waals surface area (Å²) in [6.07, 6.45) is 3.81. The Morgan fingerprint density at radius 3 is 2.46 bits per heavy atom. The average molecular weight is 358 g/mol. The molecule has 2 aliphatic heterocycles. The van der Waals surface area contributed by atoms with Crippen molar-refractivity contribution < 1.29 is 23.1 Å². The van der Waals surface area contributed by atoms with E-state index in [9.17, 15) is 23.1 Å². The second kappa shape index (κ2) is 6.63. The monoisotopic (exact) mass is 358 g/mol. The minimum atomic E-state index is -3.41. The Balaban J connectivity index is 1.73. The number of carbonyl (C=O) groups is 2. The molecule has 3 rings (SSSR count). The number of carboxylic acids is 1. The van der Waals surface area contributed by atoms with Crippen molar-refractivity contribution >= 4 is 21.9 Å². The van der Waals surface area contributed by atoms with Crippen molar-refractivity contribution in [3.63, 3.8) is 0 Å². The zero-order chi connectivity index (χ0) is 17.5. The Labute approximate surface area is 143 Å². The first kappa shape index (κ1) is 17.7. The van der Waals surface area contributed by atoms with Crippen LogP contribution in [-0.4, -0.2) is 66.0 Å². The molecule has 0 bridgehead atoms. The van der Waals surface area contributed by atoms with Gasteiger partial charge in [-0.3, -0.25) is 9.59 Å². The second-order valence-electron chi connectivity index (χ2n) is 7.27. The molecule has 0 aromatic carbocycles. The van der Waals surface area contributed by atoms with Gasteiger partial charge in [0.1, 0.15) is 6.04 Å². The molecule has 1 saturated carbocycles. The Kier molecular flexibility index (Phi) is 4.88. The second-order valence-corrected chi connectivity index (χ2v) is 9.32. The highest BCUT2D eigenvalue weighted by atomic mass is 32.2. The van der Waals surface area contributed by atoms with Crippen LogP contribution in [0, 0.1) is 17.8 Å². The van der Waals surface area contributed by atoms with Gasteiger partial charge < -0.3 is 10.0 Å². The van der Waals surface area contributed by atoms with Crippen molar-refractivity contribution in [2.24, 2.45) is 17.8 Å². The Morgan fingerprint density at radius 1 is 1.17 bits per heavy atom. The molecule has 1 aliphatic carbocycles. The predicted octanol–water partition coefficient (Wildman–Crippen LogP) is 0.760. The lowest BCUT2D eigenvalue weighted by Crippen LogP contribution is -2.47. The number of nitrogens with zero attached hydrogens (tertiary/aromatic N) is 2. The van der Waals surface area contributed by atoms with E-state index in [2.05, 4.69) is 0 Å². The van der Waals surface area contributed by atoms with Gasteiger partial charge in [0.05, 0.1) is 11.7 Å². The maximum absolute atomic E-state index is 12.9. The molecule has 1 unspecified atom stereocenters. The highest BCUT2D eigenvalue weighted by molar-refractivity contribution is 7.89. The summed E-state index contributed by atoms with van der Waals surface area (Å²) in [4.78, 5) is 26.0. The van der Waals surface area contributed by atoms with Crippen molar-refractivity contribution in [3.05, 3.63) is 0 Å². The minimum absolute atomic E-state index is 0.0218. The molecule has 2 saturated heterocycles. The van der Waals surface area contributed by atoms with Crippen molar-refractivity contribution in [3.8, 4) is 0 Å². The fourth-order valence-corrected chi connectivity index (χ4v) is 5.92. The molecule has 2 heterocycles. The van der Waals surface area contributed by atoms with Gasteiger partial charge >= 0.3 is 5.97 Å². The lowest BCUT2D eigenvalue weighted by molar-refractivity contribution is -0.143. The van der Waals surface area contributed by atoms with E-state index >= 15 is 0 Å². The van der Waals surface area contributed by atoms with Gasteiger partial charge in [-0.15, -0.1) is 0 Å². The normalized spacial score (nSPS) is 31.5. The molecule has 3 aliphatic rings. The van der Waals surface area contributed by atoms with Crippen LogP contribution in [0.2, 0.25) is 0 Å². The SMILES string of the molecule is CCCS(=O)(=O)N1CCCC1C(=O)N1C[C@H](C(=O)O)[C@@H](C2CC2)C1. The van der Waals surface area contributed by atoms with Crippen molar-refractivity contribution in [1.82, 2.24) is 9.21 Å². The van der Waals surface area contributed by atoms with Crippen molar-refractivity contribution in [2.45, 2.75) is 45.1 Å². The molecule has 1 amide bonds. The van der Waals surface area contributed by atoms with Crippen LogP contribution in [0.1, 0.15) is 39.0 Å². The minimum Gasteiger partial charge on any atom is -0.481 e. The molecular formula is C16H26N2O5S. The Morgan fingerprint density at radius 2 is 1.88 bits per heavy atom. The molecule has 0 aromatic rings. The van der Waals surface area contributed by atoms with E-state index < -0.39 is 28.0 Å². The number of amides is 1. The van der Waals surface area contributed by atoms with Crippen molar-refractivity contribution in [1.29, 1.82) is 0 Å². The fraction of sp³-hybridized carbons (Fsp3) is 0.875. The third-order valence-electron chi connectivity index (χ3n) is 5.53. The molecule has 0 radical (unpaired) electrons. The molecule has 7 nitrogen and oxygen atoms in total. The number of likely N-dealkylation sites (tertiary alicyclic amines) is 1. The molecule has 24 heavy (non-hydrogen) atoms. The first-order chi connectivity index (χ1) is 11.3. The van der Waals surface area contributed by atoms with Crippen LogP contribution in [0.3, 0.4) is 0 Å². The van der Waals surface area contributed by atoms with Gasteiger partial charge in [-0.2, -0.15) is 4.31 Å². The van der Waals surface area contributed by atoms with Crippen LogP contribution in [0.4, 0.5) is 0 Å². The number of rotatable bonds is 6. The van der Waals surface area contributed by atoms with Gasteiger partial charge in [0.15, 0.2) is 0 Å². The average Bonchev–Trinajstić information content (AvgIpc) is 3.07. The van der Waals surface area contributed by atoms with E-state index in [1.54, 1.807) is 4.90 Å². The Bertz CT molecular complexity index is 616. The molecular weight excluding hydrogens is 332 g/mol.